The van der Waals surface area contributed by atoms with Crippen LogP contribution in [-0.4, -0.2) is 16.3 Å². The monoisotopic (exact) mass is 277 g/mol. The Bertz CT molecular complexity index is 531. The molecule has 0 spiro atoms. The van der Waals surface area contributed by atoms with Gasteiger partial charge in [0, 0.05) is 23.7 Å². The van der Waals surface area contributed by atoms with Crippen LogP contribution >= 0.6 is 11.6 Å². The van der Waals surface area contributed by atoms with Crippen LogP contribution < -0.4 is 5.73 Å². The summed E-state index contributed by atoms with van der Waals surface area (Å²) in [5, 5.41) is 5.24. The molecular formula is C15H20ClN3. The number of hydrogen-bond donors (Lipinski definition) is 1. The van der Waals surface area contributed by atoms with Gasteiger partial charge in [-0.25, -0.2) is 0 Å². The van der Waals surface area contributed by atoms with E-state index in [4.69, 9.17) is 17.3 Å². The molecule has 0 aliphatic heterocycles. The van der Waals surface area contributed by atoms with Crippen LogP contribution in [0.4, 0.5) is 0 Å². The number of aryl methyl sites for hydroxylation is 2. The Morgan fingerprint density at radius 2 is 2.00 bits per heavy atom. The second-order valence-corrected chi connectivity index (χ2v) is 5.23. The molecule has 2 N–H and O–H groups in total. The maximum atomic E-state index is 5.92. The van der Waals surface area contributed by atoms with E-state index in [1.54, 1.807) is 0 Å². The summed E-state index contributed by atoms with van der Waals surface area (Å²) < 4.78 is 1.96. The van der Waals surface area contributed by atoms with Gasteiger partial charge in [-0.3, -0.25) is 4.68 Å². The van der Waals surface area contributed by atoms with Gasteiger partial charge in [-0.15, -0.1) is 0 Å². The van der Waals surface area contributed by atoms with E-state index >= 15 is 0 Å². The third-order valence-electron chi connectivity index (χ3n) is 3.47. The fourth-order valence-corrected chi connectivity index (χ4v) is 2.39. The molecule has 2 rings (SSSR count). The number of aromatic nitrogens is 2. The van der Waals surface area contributed by atoms with Gasteiger partial charge < -0.3 is 5.73 Å². The molecule has 1 aromatic carbocycles. The highest BCUT2D eigenvalue weighted by atomic mass is 35.5. The highest BCUT2D eigenvalue weighted by Crippen LogP contribution is 2.22. The number of nitrogens with zero attached hydrogens (tertiary/aromatic N) is 2. The van der Waals surface area contributed by atoms with Crippen LogP contribution in [0.25, 0.3) is 0 Å². The fourth-order valence-electron chi connectivity index (χ4n) is 2.26. The highest BCUT2D eigenvalue weighted by molar-refractivity contribution is 6.30. The number of hydrogen-bond acceptors (Lipinski definition) is 2. The van der Waals surface area contributed by atoms with Crippen molar-refractivity contribution in [1.29, 1.82) is 0 Å². The predicted molar refractivity (Wildman–Crippen MR) is 79.5 cm³/mol. The SMILES string of the molecule is CCc1cc(CC(CN)c2ccc(Cl)cc2)n(C)n1. The first-order chi connectivity index (χ1) is 9.13. The van der Waals surface area contributed by atoms with E-state index in [9.17, 15) is 0 Å². The minimum atomic E-state index is 0.303. The molecule has 2 aromatic rings. The van der Waals surface area contributed by atoms with Crippen LogP contribution in [-0.2, 0) is 19.9 Å². The van der Waals surface area contributed by atoms with Gasteiger partial charge >= 0.3 is 0 Å². The molecule has 1 aromatic heterocycles. The summed E-state index contributed by atoms with van der Waals surface area (Å²) in [6.07, 6.45) is 1.86. The van der Waals surface area contributed by atoms with Gasteiger partial charge in [0.05, 0.1) is 5.69 Å². The molecule has 0 saturated carbocycles. The van der Waals surface area contributed by atoms with Crippen LogP contribution in [0.2, 0.25) is 5.02 Å². The zero-order valence-corrected chi connectivity index (χ0v) is 12.2. The van der Waals surface area contributed by atoms with Crippen molar-refractivity contribution in [2.75, 3.05) is 6.54 Å². The summed E-state index contributed by atoms with van der Waals surface area (Å²) in [5.74, 6) is 0.303. The summed E-state index contributed by atoms with van der Waals surface area (Å²) in [7, 11) is 1.99. The van der Waals surface area contributed by atoms with Crippen LogP contribution in [0, 0.1) is 0 Å². The topological polar surface area (TPSA) is 43.8 Å². The minimum Gasteiger partial charge on any atom is -0.330 e. The van der Waals surface area contributed by atoms with Gasteiger partial charge in [0.25, 0.3) is 0 Å². The first-order valence-electron chi connectivity index (χ1n) is 6.61. The second-order valence-electron chi connectivity index (χ2n) is 4.79. The summed E-state index contributed by atoms with van der Waals surface area (Å²) in [6.45, 7) is 2.74. The largest absolute Gasteiger partial charge is 0.330 e. The molecule has 0 aliphatic carbocycles. The molecule has 3 nitrogen and oxygen atoms in total. The van der Waals surface area contributed by atoms with Crippen molar-refractivity contribution in [2.24, 2.45) is 12.8 Å². The first-order valence-corrected chi connectivity index (χ1v) is 6.99. The van der Waals surface area contributed by atoms with Crippen LogP contribution in [0.1, 0.15) is 29.8 Å². The smallest absolute Gasteiger partial charge is 0.0624 e. The second kappa shape index (κ2) is 6.22. The van der Waals surface area contributed by atoms with Crippen LogP contribution in [0.5, 0.6) is 0 Å². The molecular weight excluding hydrogens is 258 g/mol. The van der Waals surface area contributed by atoms with E-state index in [0.29, 0.717) is 12.5 Å². The summed E-state index contributed by atoms with van der Waals surface area (Å²) in [5.41, 5.74) is 9.50. The molecule has 0 saturated heterocycles. The summed E-state index contributed by atoms with van der Waals surface area (Å²) >= 11 is 5.92. The van der Waals surface area contributed by atoms with Crippen molar-refractivity contribution in [3.63, 3.8) is 0 Å². The zero-order valence-electron chi connectivity index (χ0n) is 11.4. The number of benzene rings is 1. The summed E-state index contributed by atoms with van der Waals surface area (Å²) in [6, 6.07) is 10.1. The van der Waals surface area contributed by atoms with Crippen molar-refractivity contribution < 1.29 is 0 Å². The molecule has 1 heterocycles. The lowest BCUT2D eigenvalue weighted by atomic mass is 9.94. The van der Waals surface area contributed by atoms with Gasteiger partial charge in [-0.2, -0.15) is 5.10 Å². The molecule has 19 heavy (non-hydrogen) atoms. The number of rotatable bonds is 5. The lowest BCUT2D eigenvalue weighted by molar-refractivity contribution is 0.628. The molecule has 1 atom stereocenters. The molecule has 0 aliphatic rings. The van der Waals surface area contributed by atoms with Gasteiger partial charge in [0.1, 0.15) is 0 Å². The Balaban J connectivity index is 2.18. The van der Waals surface area contributed by atoms with Crippen molar-refractivity contribution in [3.8, 4) is 0 Å². The van der Waals surface area contributed by atoms with E-state index in [-0.39, 0.29) is 0 Å². The number of halogens is 1. The lowest BCUT2D eigenvalue weighted by Crippen LogP contribution is -2.16. The number of nitrogens with two attached hydrogens (primary N) is 1. The highest BCUT2D eigenvalue weighted by Gasteiger charge is 2.14. The van der Waals surface area contributed by atoms with Gasteiger partial charge in [-0.05, 0) is 43.1 Å². The van der Waals surface area contributed by atoms with Crippen molar-refractivity contribution >= 4 is 11.6 Å². The average molecular weight is 278 g/mol. The van der Waals surface area contributed by atoms with Crippen molar-refractivity contribution in [1.82, 2.24) is 9.78 Å². The van der Waals surface area contributed by atoms with E-state index in [1.165, 1.54) is 11.3 Å². The molecule has 0 bridgehead atoms. The van der Waals surface area contributed by atoms with E-state index in [0.717, 1.165) is 23.6 Å². The van der Waals surface area contributed by atoms with E-state index in [2.05, 4.69) is 30.2 Å². The Kier molecular flexibility index (Phi) is 4.61. The van der Waals surface area contributed by atoms with Crippen molar-refractivity contribution in [3.05, 3.63) is 52.3 Å². The predicted octanol–water partition coefficient (Wildman–Crippen LogP) is 2.92. The third-order valence-corrected chi connectivity index (χ3v) is 3.72. The van der Waals surface area contributed by atoms with Gasteiger partial charge in [0.15, 0.2) is 0 Å². The first kappa shape index (κ1) is 14.1. The third kappa shape index (κ3) is 3.37. The zero-order chi connectivity index (χ0) is 13.8. The molecule has 0 amide bonds. The fraction of sp³-hybridized carbons (Fsp3) is 0.400. The quantitative estimate of drug-likeness (QED) is 0.913. The van der Waals surface area contributed by atoms with Crippen LogP contribution in [0.15, 0.2) is 30.3 Å². The average Bonchev–Trinajstić information content (AvgIpc) is 2.78. The molecule has 4 heteroatoms. The Labute approximate surface area is 119 Å². The maximum absolute atomic E-state index is 5.92. The minimum absolute atomic E-state index is 0.303. The molecule has 102 valence electrons. The van der Waals surface area contributed by atoms with Gasteiger partial charge in [0.2, 0.25) is 0 Å². The van der Waals surface area contributed by atoms with Gasteiger partial charge in [-0.1, -0.05) is 30.7 Å². The van der Waals surface area contributed by atoms with Crippen molar-refractivity contribution in [2.45, 2.75) is 25.7 Å². The lowest BCUT2D eigenvalue weighted by Gasteiger charge is -2.15. The standard InChI is InChI=1S/C15H20ClN3/c1-3-14-9-15(19(2)18-14)8-12(10-17)11-4-6-13(16)7-5-11/h4-7,9,12H,3,8,10,17H2,1-2H3. The normalized spacial score (nSPS) is 12.6. The Morgan fingerprint density at radius 1 is 1.32 bits per heavy atom. The Morgan fingerprint density at radius 3 is 2.53 bits per heavy atom. The van der Waals surface area contributed by atoms with Crippen LogP contribution in [0.3, 0.4) is 0 Å². The molecule has 0 fully saturated rings. The molecule has 1 unspecified atom stereocenters. The van der Waals surface area contributed by atoms with E-state index in [1.807, 2.05) is 23.9 Å². The maximum Gasteiger partial charge on any atom is 0.0624 e. The Hall–Kier alpha value is -1.32. The molecule has 0 radical (unpaired) electrons. The van der Waals surface area contributed by atoms with E-state index < -0.39 is 0 Å². The summed E-state index contributed by atoms with van der Waals surface area (Å²) in [4.78, 5) is 0.